The second-order valence-corrected chi connectivity index (χ2v) is 10.6. The number of fused-ring (bicyclic) bond motifs is 1. The number of carbonyl (C=O) groups is 3. The number of nitrogens with zero attached hydrogens (tertiary/aromatic N) is 1. The van der Waals surface area contributed by atoms with Crippen molar-refractivity contribution in [3.05, 3.63) is 64.7 Å². The minimum absolute atomic E-state index is 0.0767. The number of nitrogens with one attached hydrogen (secondary N) is 1. The van der Waals surface area contributed by atoms with Crippen molar-refractivity contribution in [1.82, 2.24) is 4.90 Å². The van der Waals surface area contributed by atoms with E-state index in [2.05, 4.69) is 4.72 Å². The van der Waals surface area contributed by atoms with Crippen LogP contribution in [0.5, 0.6) is 0 Å². The average molecular weight is 485 g/mol. The van der Waals surface area contributed by atoms with E-state index in [4.69, 9.17) is 12.2 Å². The number of sulfonamides is 1. The van der Waals surface area contributed by atoms with Crippen LogP contribution in [0.1, 0.15) is 59.2 Å². The zero-order valence-corrected chi connectivity index (χ0v) is 19.8. The van der Waals surface area contributed by atoms with E-state index in [1.807, 2.05) is 19.1 Å². The molecule has 0 radical (unpaired) electrons. The summed E-state index contributed by atoms with van der Waals surface area (Å²) in [5.74, 6) is -0.613. The van der Waals surface area contributed by atoms with Gasteiger partial charge in [0.1, 0.15) is 10.8 Å². The quantitative estimate of drug-likeness (QED) is 0.652. The summed E-state index contributed by atoms with van der Waals surface area (Å²) in [6.07, 6.45) is 1.55. The van der Waals surface area contributed by atoms with E-state index in [0.29, 0.717) is 29.5 Å². The predicted molar refractivity (Wildman–Crippen MR) is 129 cm³/mol. The van der Waals surface area contributed by atoms with Crippen LogP contribution in [0.2, 0.25) is 0 Å². The number of rotatable bonds is 5. The summed E-state index contributed by atoms with van der Waals surface area (Å²) in [7, 11) is -3.69. The van der Waals surface area contributed by atoms with E-state index in [9.17, 15) is 22.8 Å². The third kappa shape index (κ3) is 5.04. The monoisotopic (exact) mass is 484 g/mol. The van der Waals surface area contributed by atoms with Crippen LogP contribution in [-0.4, -0.2) is 41.8 Å². The minimum atomic E-state index is -3.69. The second-order valence-electron chi connectivity index (χ2n) is 8.50. The van der Waals surface area contributed by atoms with Gasteiger partial charge in [-0.2, -0.15) is 0 Å². The summed E-state index contributed by atoms with van der Waals surface area (Å²) >= 11 is 5.52. The maximum absolute atomic E-state index is 13.1. The molecule has 1 saturated carbocycles. The molecular weight excluding hydrogens is 460 g/mol. The van der Waals surface area contributed by atoms with Gasteiger partial charge in [0, 0.05) is 30.5 Å². The molecule has 1 N–H and O–H groups in total. The van der Waals surface area contributed by atoms with E-state index in [0.717, 1.165) is 5.56 Å². The Labute approximate surface area is 198 Å². The predicted octanol–water partition coefficient (Wildman–Crippen LogP) is 3.54. The first-order valence-corrected chi connectivity index (χ1v) is 12.8. The first-order valence-electron chi connectivity index (χ1n) is 10.8. The van der Waals surface area contributed by atoms with Crippen molar-refractivity contribution in [2.24, 2.45) is 0 Å². The maximum atomic E-state index is 13.1. The van der Waals surface area contributed by atoms with Crippen LogP contribution in [0.25, 0.3) is 0 Å². The molecule has 9 heteroatoms. The van der Waals surface area contributed by atoms with Crippen LogP contribution in [0.4, 0.5) is 5.69 Å². The molecule has 1 aliphatic carbocycles. The van der Waals surface area contributed by atoms with E-state index in [1.54, 1.807) is 12.1 Å². The molecule has 0 bridgehead atoms. The zero-order valence-electron chi connectivity index (χ0n) is 18.2. The lowest BCUT2D eigenvalue weighted by Crippen LogP contribution is -2.45. The molecule has 1 heterocycles. The summed E-state index contributed by atoms with van der Waals surface area (Å²) in [6, 6.07) is 11.0. The van der Waals surface area contributed by atoms with Gasteiger partial charge < -0.3 is 0 Å². The Morgan fingerprint density at radius 2 is 1.73 bits per heavy atom. The van der Waals surface area contributed by atoms with E-state index in [1.165, 1.54) is 23.1 Å². The van der Waals surface area contributed by atoms with Gasteiger partial charge in [0.25, 0.3) is 5.91 Å². The third-order valence-electron chi connectivity index (χ3n) is 5.93. The summed E-state index contributed by atoms with van der Waals surface area (Å²) < 4.78 is 27.9. The van der Waals surface area contributed by atoms with Crippen molar-refractivity contribution >= 4 is 50.4 Å². The van der Waals surface area contributed by atoms with Gasteiger partial charge in [-0.1, -0.05) is 42.0 Å². The number of hydrogen-bond acceptors (Lipinski definition) is 6. The topological polar surface area (TPSA) is 101 Å². The molecule has 7 nitrogen and oxygen atoms in total. The summed E-state index contributed by atoms with van der Waals surface area (Å²) in [5, 5.41) is 0. The Morgan fingerprint density at radius 3 is 2.45 bits per heavy atom. The lowest BCUT2D eigenvalue weighted by Gasteiger charge is -2.27. The van der Waals surface area contributed by atoms with Crippen LogP contribution < -0.4 is 4.72 Å². The lowest BCUT2D eigenvalue weighted by molar-refractivity contribution is -0.125. The molecule has 1 amide bonds. The normalized spacial score (nSPS) is 19.3. The smallest absolute Gasteiger partial charge is 0.260 e. The van der Waals surface area contributed by atoms with Crippen LogP contribution in [0, 0.1) is 6.92 Å². The van der Waals surface area contributed by atoms with Crippen LogP contribution in [-0.2, 0) is 25.4 Å². The molecule has 2 aromatic carbocycles. The molecule has 1 atom stereocenters. The zero-order chi connectivity index (χ0) is 23.8. The number of carbonyl (C=O) groups excluding carboxylic acids is 3. The van der Waals surface area contributed by atoms with Gasteiger partial charge in [-0.3, -0.25) is 24.0 Å². The van der Waals surface area contributed by atoms with Crippen molar-refractivity contribution in [3.63, 3.8) is 0 Å². The highest BCUT2D eigenvalue weighted by Gasteiger charge is 2.40. The molecule has 1 fully saturated rings. The largest absolute Gasteiger partial charge is 0.300 e. The van der Waals surface area contributed by atoms with Gasteiger partial charge in [-0.15, -0.1) is 0 Å². The van der Waals surface area contributed by atoms with Crippen LogP contribution >= 0.6 is 12.2 Å². The van der Waals surface area contributed by atoms with Gasteiger partial charge >= 0.3 is 0 Å². The van der Waals surface area contributed by atoms with Crippen molar-refractivity contribution in [2.75, 3.05) is 4.72 Å². The highest BCUT2D eigenvalue weighted by molar-refractivity contribution is 7.91. The highest BCUT2D eigenvalue weighted by atomic mass is 32.2. The Bertz CT molecular complexity index is 1250. The van der Waals surface area contributed by atoms with Gasteiger partial charge in [-0.25, -0.2) is 8.42 Å². The Hall–Kier alpha value is -2.91. The summed E-state index contributed by atoms with van der Waals surface area (Å²) in [5.41, 5.74) is 2.72. The molecule has 0 spiro atoms. The third-order valence-corrected chi connectivity index (χ3v) is 7.60. The SMILES string of the molecule is Cc1ccc(CS(=O)(=O)Nc2ccc3c(c2)C(=S)N(C2CCC(=O)CCCC2=O)C3=O)cc1. The Kier molecular flexibility index (Phi) is 6.45. The van der Waals surface area contributed by atoms with E-state index < -0.39 is 22.0 Å². The molecule has 0 saturated heterocycles. The van der Waals surface area contributed by atoms with E-state index >= 15 is 0 Å². The number of amides is 1. The first-order chi connectivity index (χ1) is 15.6. The number of anilines is 1. The minimum Gasteiger partial charge on any atom is -0.300 e. The van der Waals surface area contributed by atoms with Crippen LogP contribution in [0.15, 0.2) is 42.5 Å². The molecule has 4 rings (SSSR count). The van der Waals surface area contributed by atoms with Gasteiger partial charge in [0.05, 0.1) is 17.4 Å². The van der Waals surface area contributed by atoms with Gasteiger partial charge in [0.15, 0.2) is 5.78 Å². The molecular formula is C24H24N2O5S2. The lowest BCUT2D eigenvalue weighted by atomic mass is 9.94. The van der Waals surface area contributed by atoms with Gasteiger partial charge in [0.2, 0.25) is 10.0 Å². The van der Waals surface area contributed by atoms with Crippen molar-refractivity contribution in [1.29, 1.82) is 0 Å². The number of hydrogen-bond donors (Lipinski definition) is 1. The fourth-order valence-corrected chi connectivity index (χ4v) is 5.78. The molecule has 2 aromatic rings. The number of aryl methyl sites for hydroxylation is 1. The first kappa shape index (κ1) is 23.3. The molecule has 1 aliphatic heterocycles. The number of Topliss-reactive ketones (excluding diaryl/α,β-unsaturated/α-hetero) is 2. The van der Waals surface area contributed by atoms with Crippen molar-refractivity contribution in [2.45, 2.75) is 50.8 Å². The van der Waals surface area contributed by atoms with Crippen LogP contribution in [0.3, 0.4) is 0 Å². The maximum Gasteiger partial charge on any atom is 0.260 e. The van der Waals surface area contributed by atoms with E-state index in [-0.39, 0.29) is 47.3 Å². The molecule has 172 valence electrons. The van der Waals surface area contributed by atoms with Gasteiger partial charge in [-0.05, 0) is 43.5 Å². The highest BCUT2D eigenvalue weighted by Crippen LogP contribution is 2.31. The fraction of sp³-hybridized carbons (Fsp3) is 0.333. The van der Waals surface area contributed by atoms with Crippen molar-refractivity contribution < 1.29 is 22.8 Å². The fourth-order valence-electron chi connectivity index (χ4n) is 4.21. The average Bonchev–Trinajstić information content (AvgIpc) is 2.98. The molecule has 2 aliphatic rings. The summed E-state index contributed by atoms with van der Waals surface area (Å²) in [4.78, 5) is 39.1. The Balaban J connectivity index is 1.55. The number of benzene rings is 2. The number of thiocarbonyl (C=S) groups is 1. The Morgan fingerprint density at radius 1 is 1.00 bits per heavy atom. The standard InChI is InChI=1S/C24H24N2O5S2/c1-15-5-7-16(8-6-15)14-33(30,31)25-17-9-11-19-20(13-17)24(32)26(23(19)29)21-12-10-18(27)3-2-4-22(21)28/h5-9,11,13,21,25H,2-4,10,12,14H2,1H3. The molecule has 0 aromatic heterocycles. The second kappa shape index (κ2) is 9.15. The molecule has 1 unspecified atom stereocenters. The summed E-state index contributed by atoms with van der Waals surface area (Å²) in [6.45, 7) is 1.93. The molecule has 33 heavy (non-hydrogen) atoms. The number of ketones is 2. The van der Waals surface area contributed by atoms with Crippen molar-refractivity contribution in [3.8, 4) is 0 Å².